The highest BCUT2D eigenvalue weighted by atomic mass is 35.5. The molecular weight excluding hydrogens is 408 g/mol. The minimum absolute atomic E-state index is 0.757. The molecule has 5 heteroatoms. The Hall–Kier alpha value is -2.95. The number of ether oxygens (including phenoxy) is 2. The second kappa shape index (κ2) is 9.90. The summed E-state index contributed by atoms with van der Waals surface area (Å²) < 4.78 is 13.0. The SMILES string of the molecule is COc1ccc(CCNCc2cn(Cc3ccc(Cl)cc3)c3ccccc23)cc1OC. The van der Waals surface area contributed by atoms with Gasteiger partial charge < -0.3 is 19.4 Å². The maximum atomic E-state index is 6.03. The average molecular weight is 435 g/mol. The van der Waals surface area contributed by atoms with Gasteiger partial charge in [0, 0.05) is 35.2 Å². The highest BCUT2D eigenvalue weighted by Crippen LogP contribution is 2.27. The van der Waals surface area contributed by atoms with Crippen molar-refractivity contribution in [1.82, 2.24) is 9.88 Å². The van der Waals surface area contributed by atoms with Crippen LogP contribution in [0.2, 0.25) is 5.02 Å². The zero-order valence-electron chi connectivity index (χ0n) is 17.9. The molecule has 4 rings (SSSR count). The van der Waals surface area contributed by atoms with Gasteiger partial charge in [0.25, 0.3) is 0 Å². The zero-order valence-corrected chi connectivity index (χ0v) is 18.7. The van der Waals surface area contributed by atoms with Crippen LogP contribution >= 0.6 is 11.6 Å². The molecule has 0 amide bonds. The highest BCUT2D eigenvalue weighted by Gasteiger charge is 2.09. The normalized spacial score (nSPS) is 11.1. The molecule has 4 nitrogen and oxygen atoms in total. The van der Waals surface area contributed by atoms with E-state index >= 15 is 0 Å². The van der Waals surface area contributed by atoms with Gasteiger partial charge in [0.05, 0.1) is 14.2 Å². The Kier molecular flexibility index (Phi) is 6.80. The van der Waals surface area contributed by atoms with Crippen LogP contribution in [0.15, 0.2) is 72.9 Å². The van der Waals surface area contributed by atoms with Gasteiger partial charge in [0.15, 0.2) is 11.5 Å². The molecule has 0 radical (unpaired) electrons. The summed E-state index contributed by atoms with van der Waals surface area (Å²) in [7, 11) is 3.32. The van der Waals surface area contributed by atoms with Crippen molar-refractivity contribution < 1.29 is 9.47 Å². The van der Waals surface area contributed by atoms with E-state index in [1.54, 1.807) is 14.2 Å². The number of hydrogen-bond acceptors (Lipinski definition) is 3. The predicted octanol–water partition coefficient (Wildman–Crippen LogP) is 5.69. The van der Waals surface area contributed by atoms with E-state index in [0.29, 0.717) is 0 Å². The summed E-state index contributed by atoms with van der Waals surface area (Å²) in [4.78, 5) is 0. The number of fused-ring (bicyclic) bond motifs is 1. The highest BCUT2D eigenvalue weighted by molar-refractivity contribution is 6.30. The van der Waals surface area contributed by atoms with E-state index in [1.807, 2.05) is 24.3 Å². The summed E-state index contributed by atoms with van der Waals surface area (Å²) in [6, 6.07) is 22.7. The smallest absolute Gasteiger partial charge is 0.160 e. The molecule has 0 bridgehead atoms. The van der Waals surface area contributed by atoms with Gasteiger partial charge in [-0.25, -0.2) is 0 Å². The third kappa shape index (κ3) is 5.04. The van der Waals surface area contributed by atoms with Crippen LogP contribution in [0, 0.1) is 0 Å². The van der Waals surface area contributed by atoms with Gasteiger partial charge in [-0.3, -0.25) is 0 Å². The number of hydrogen-bond donors (Lipinski definition) is 1. The largest absolute Gasteiger partial charge is 0.493 e. The van der Waals surface area contributed by atoms with Crippen LogP contribution in [0.1, 0.15) is 16.7 Å². The van der Waals surface area contributed by atoms with Crippen LogP contribution in [-0.2, 0) is 19.5 Å². The fourth-order valence-electron chi connectivity index (χ4n) is 3.87. The van der Waals surface area contributed by atoms with Crippen LogP contribution in [-0.4, -0.2) is 25.3 Å². The third-order valence-corrected chi connectivity index (χ3v) is 5.74. The number of aromatic nitrogens is 1. The lowest BCUT2D eigenvalue weighted by atomic mass is 10.1. The van der Waals surface area contributed by atoms with Gasteiger partial charge in [-0.15, -0.1) is 0 Å². The predicted molar refractivity (Wildman–Crippen MR) is 127 cm³/mol. The third-order valence-electron chi connectivity index (χ3n) is 5.49. The first-order valence-corrected chi connectivity index (χ1v) is 10.8. The molecule has 1 N–H and O–H groups in total. The van der Waals surface area contributed by atoms with Crippen LogP contribution in [0.3, 0.4) is 0 Å². The number of halogens is 1. The van der Waals surface area contributed by atoms with Crippen molar-refractivity contribution in [1.29, 1.82) is 0 Å². The average Bonchev–Trinajstić information content (AvgIpc) is 3.15. The van der Waals surface area contributed by atoms with E-state index in [0.717, 1.165) is 42.6 Å². The summed E-state index contributed by atoms with van der Waals surface area (Å²) in [5, 5.41) is 5.64. The Morgan fingerprint density at radius 3 is 2.39 bits per heavy atom. The summed E-state index contributed by atoms with van der Waals surface area (Å²) >= 11 is 6.03. The Labute approximate surface area is 188 Å². The number of para-hydroxylation sites is 1. The maximum Gasteiger partial charge on any atom is 0.160 e. The number of nitrogens with one attached hydrogen (secondary N) is 1. The van der Waals surface area contributed by atoms with E-state index in [9.17, 15) is 0 Å². The van der Waals surface area contributed by atoms with Crippen molar-refractivity contribution in [2.45, 2.75) is 19.5 Å². The van der Waals surface area contributed by atoms with Gasteiger partial charge in [-0.2, -0.15) is 0 Å². The first kappa shape index (κ1) is 21.3. The fourth-order valence-corrected chi connectivity index (χ4v) is 4.00. The number of benzene rings is 3. The standard InChI is InChI=1S/C26H27ClN2O2/c1-30-25-12-9-19(15-26(25)31-2)13-14-28-16-21-18-29(24-6-4-3-5-23(21)24)17-20-7-10-22(27)11-8-20/h3-12,15,18,28H,13-14,16-17H2,1-2H3. The molecule has 0 saturated heterocycles. The van der Waals surface area contributed by atoms with Crippen LogP contribution < -0.4 is 14.8 Å². The van der Waals surface area contributed by atoms with Gasteiger partial charge in [0.1, 0.15) is 0 Å². The molecule has 1 aromatic heterocycles. The Bertz CT molecular complexity index is 1150. The van der Waals surface area contributed by atoms with E-state index in [2.05, 4.69) is 58.5 Å². The monoisotopic (exact) mass is 434 g/mol. The first-order chi connectivity index (χ1) is 15.2. The van der Waals surface area contributed by atoms with Crippen LogP contribution in [0.4, 0.5) is 0 Å². The molecule has 0 fully saturated rings. The Balaban J connectivity index is 1.42. The van der Waals surface area contributed by atoms with Crippen molar-refractivity contribution in [3.63, 3.8) is 0 Å². The molecule has 0 atom stereocenters. The minimum atomic E-state index is 0.757. The Morgan fingerprint density at radius 1 is 0.871 bits per heavy atom. The topological polar surface area (TPSA) is 35.4 Å². The van der Waals surface area contributed by atoms with Gasteiger partial charge in [-0.05, 0) is 60.0 Å². The summed E-state index contributed by atoms with van der Waals surface area (Å²) in [5.41, 5.74) is 5.00. The maximum absolute atomic E-state index is 6.03. The quantitative estimate of drug-likeness (QED) is 0.343. The molecule has 0 aliphatic carbocycles. The molecule has 3 aromatic carbocycles. The molecule has 0 unspecified atom stereocenters. The molecule has 0 aliphatic heterocycles. The van der Waals surface area contributed by atoms with Crippen LogP contribution in [0.25, 0.3) is 10.9 Å². The minimum Gasteiger partial charge on any atom is -0.493 e. The molecule has 0 saturated carbocycles. The molecule has 4 aromatic rings. The molecule has 0 aliphatic rings. The number of nitrogens with zero attached hydrogens (tertiary/aromatic N) is 1. The van der Waals surface area contributed by atoms with E-state index < -0.39 is 0 Å². The lowest BCUT2D eigenvalue weighted by Gasteiger charge is -2.10. The number of rotatable bonds is 9. The van der Waals surface area contributed by atoms with Crippen molar-refractivity contribution in [2.75, 3.05) is 20.8 Å². The van der Waals surface area contributed by atoms with E-state index in [1.165, 1.54) is 27.6 Å². The van der Waals surface area contributed by atoms with Crippen molar-refractivity contribution in [2.24, 2.45) is 0 Å². The first-order valence-electron chi connectivity index (χ1n) is 10.4. The zero-order chi connectivity index (χ0) is 21.6. The van der Waals surface area contributed by atoms with Crippen molar-refractivity contribution in [3.05, 3.63) is 94.6 Å². The van der Waals surface area contributed by atoms with Gasteiger partial charge in [-0.1, -0.05) is 48.0 Å². The second-order valence-electron chi connectivity index (χ2n) is 7.54. The molecule has 31 heavy (non-hydrogen) atoms. The Morgan fingerprint density at radius 2 is 1.61 bits per heavy atom. The number of methoxy groups -OCH3 is 2. The van der Waals surface area contributed by atoms with Gasteiger partial charge in [0.2, 0.25) is 0 Å². The lowest BCUT2D eigenvalue weighted by Crippen LogP contribution is -2.16. The van der Waals surface area contributed by atoms with Crippen LogP contribution in [0.5, 0.6) is 11.5 Å². The van der Waals surface area contributed by atoms with Crippen molar-refractivity contribution >= 4 is 22.5 Å². The van der Waals surface area contributed by atoms with Crippen molar-refractivity contribution in [3.8, 4) is 11.5 Å². The summed E-state index contributed by atoms with van der Waals surface area (Å²) in [6.45, 7) is 2.52. The molecule has 0 spiro atoms. The van der Waals surface area contributed by atoms with E-state index in [4.69, 9.17) is 21.1 Å². The second-order valence-corrected chi connectivity index (χ2v) is 7.98. The van der Waals surface area contributed by atoms with Gasteiger partial charge >= 0.3 is 0 Å². The summed E-state index contributed by atoms with van der Waals surface area (Å²) in [5.74, 6) is 1.53. The molecule has 160 valence electrons. The molecule has 1 heterocycles. The lowest BCUT2D eigenvalue weighted by molar-refractivity contribution is 0.354. The fraction of sp³-hybridized carbons (Fsp3) is 0.231. The molecular formula is C26H27ClN2O2. The summed E-state index contributed by atoms with van der Waals surface area (Å²) in [6.07, 6.45) is 3.17. The van der Waals surface area contributed by atoms with E-state index in [-0.39, 0.29) is 0 Å².